The summed E-state index contributed by atoms with van der Waals surface area (Å²) in [5, 5.41) is 0. The molecule has 0 nitrogen and oxygen atoms in total. The van der Waals surface area contributed by atoms with Gasteiger partial charge in [-0.1, -0.05) is 62.4 Å². The summed E-state index contributed by atoms with van der Waals surface area (Å²) < 4.78 is 0. The Labute approximate surface area is 84.8 Å². The lowest BCUT2D eigenvalue weighted by Gasteiger charge is -2.13. The van der Waals surface area contributed by atoms with E-state index in [0.717, 1.165) is 6.71 Å². The Morgan fingerprint density at radius 3 is 2.23 bits per heavy atom. The van der Waals surface area contributed by atoms with Gasteiger partial charge in [0, 0.05) is 0 Å². The fraction of sp³-hybridized carbons (Fsp3) is 0.636. The molecule has 0 saturated heterocycles. The first-order valence-electron chi connectivity index (χ1n) is 5.65. The molecule has 1 aliphatic rings. The van der Waals surface area contributed by atoms with Crippen molar-refractivity contribution >= 4 is 15.5 Å². The predicted molar refractivity (Wildman–Crippen MR) is 66.2 cm³/mol. The first-order valence-corrected chi connectivity index (χ1v) is 8.14. The van der Waals surface area contributed by atoms with E-state index in [-0.39, 0.29) is 0 Å². The van der Waals surface area contributed by atoms with Crippen molar-refractivity contribution in [3.05, 3.63) is 22.4 Å². The van der Waals surface area contributed by atoms with Gasteiger partial charge in [-0.25, -0.2) is 0 Å². The highest BCUT2D eigenvalue weighted by molar-refractivity contribution is 6.76. The third kappa shape index (κ3) is 2.37. The summed E-state index contributed by atoms with van der Waals surface area (Å²) in [5.74, 6) is 0. The zero-order valence-corrected chi connectivity index (χ0v) is 10.6. The van der Waals surface area contributed by atoms with E-state index in [4.69, 9.17) is 0 Å². The Kier molecular flexibility index (Phi) is 4.04. The maximum absolute atomic E-state index is 2.59. The van der Waals surface area contributed by atoms with E-state index < -0.39 is 8.80 Å². The highest BCUT2D eigenvalue weighted by Crippen LogP contribution is 2.26. The summed E-state index contributed by atoms with van der Waals surface area (Å²) in [6.07, 6.45) is 3.85. The van der Waals surface area contributed by atoms with Crippen molar-refractivity contribution in [2.45, 2.75) is 46.4 Å². The van der Waals surface area contributed by atoms with Crippen molar-refractivity contribution in [1.82, 2.24) is 0 Å². The van der Waals surface area contributed by atoms with Crippen LogP contribution in [0.2, 0.25) is 19.2 Å². The van der Waals surface area contributed by atoms with Crippen molar-refractivity contribution in [3.63, 3.8) is 0 Å². The molecular weight excluding hydrogens is 171 g/mol. The van der Waals surface area contributed by atoms with Crippen LogP contribution < -0.4 is 0 Å². The van der Waals surface area contributed by atoms with Crippen molar-refractivity contribution in [3.8, 4) is 0 Å². The first-order chi connectivity index (χ1) is 6.22. The maximum Gasteiger partial charge on any atom is 0.174 e. The van der Waals surface area contributed by atoms with Gasteiger partial charge < -0.3 is 0 Å². The maximum atomic E-state index is 2.59. The van der Waals surface area contributed by atoms with E-state index in [0.29, 0.717) is 0 Å². The Hall–Kier alpha value is -0.238. The van der Waals surface area contributed by atoms with Gasteiger partial charge in [-0.2, -0.15) is 0 Å². The molecule has 0 radical (unpaired) electrons. The largest absolute Gasteiger partial charge is 0.174 e. The lowest BCUT2D eigenvalue weighted by molar-refractivity contribution is 1.14. The molecule has 0 N–H and O–H groups in total. The van der Waals surface area contributed by atoms with Crippen LogP contribution in [0.3, 0.4) is 0 Å². The van der Waals surface area contributed by atoms with E-state index in [1.54, 1.807) is 11.0 Å². The van der Waals surface area contributed by atoms with Crippen LogP contribution in [0, 0.1) is 0 Å². The third-order valence-electron chi connectivity index (χ3n) is 3.08. The minimum absolute atomic E-state index is 0.591. The summed E-state index contributed by atoms with van der Waals surface area (Å²) in [4.78, 5) is 0. The second-order valence-electron chi connectivity index (χ2n) is 4.04. The topological polar surface area (TPSA) is 0 Å². The molecule has 1 aliphatic heterocycles. The van der Waals surface area contributed by atoms with Gasteiger partial charge >= 0.3 is 0 Å². The number of allylic oxidation sites excluding steroid dienone is 2. The van der Waals surface area contributed by atoms with Crippen molar-refractivity contribution in [2.75, 3.05) is 0 Å². The molecule has 0 bridgehead atoms. The summed E-state index contributed by atoms with van der Waals surface area (Å²) in [7, 11) is -0.591. The molecule has 1 unspecified atom stereocenters. The SMILES string of the molecule is CCB(CC)C1=C[SiH](C)C=C1CC. The molecular formula is C11H21BSi. The second kappa shape index (κ2) is 4.85. The highest BCUT2D eigenvalue weighted by atomic mass is 28.3. The Bertz CT molecular complexity index is 226. The molecule has 1 atom stereocenters. The van der Waals surface area contributed by atoms with Crippen LogP contribution in [0.15, 0.2) is 22.4 Å². The van der Waals surface area contributed by atoms with Crippen molar-refractivity contribution < 1.29 is 0 Å². The average molecular weight is 192 g/mol. The molecule has 0 aliphatic carbocycles. The van der Waals surface area contributed by atoms with Gasteiger partial charge in [0.05, 0.1) is 8.80 Å². The molecule has 0 aromatic rings. The Balaban J connectivity index is 2.79. The van der Waals surface area contributed by atoms with E-state index in [2.05, 4.69) is 38.7 Å². The van der Waals surface area contributed by atoms with Gasteiger partial charge in [0.15, 0.2) is 6.71 Å². The summed E-state index contributed by atoms with van der Waals surface area (Å²) in [5.41, 5.74) is 8.52. The summed E-state index contributed by atoms with van der Waals surface area (Å²) in [6, 6.07) is 0. The quantitative estimate of drug-likeness (QED) is 0.599. The van der Waals surface area contributed by atoms with Crippen LogP contribution in [0.1, 0.15) is 27.2 Å². The third-order valence-corrected chi connectivity index (χ3v) is 4.90. The smallest absolute Gasteiger partial charge is 0.0989 e. The monoisotopic (exact) mass is 192 g/mol. The zero-order valence-electron chi connectivity index (χ0n) is 9.43. The van der Waals surface area contributed by atoms with Crippen LogP contribution >= 0.6 is 0 Å². The van der Waals surface area contributed by atoms with Gasteiger partial charge in [0.1, 0.15) is 0 Å². The average Bonchev–Trinajstić information content (AvgIpc) is 2.49. The summed E-state index contributed by atoms with van der Waals surface area (Å²) in [6.45, 7) is 10.2. The molecule has 72 valence electrons. The Morgan fingerprint density at radius 1 is 1.15 bits per heavy atom. The highest BCUT2D eigenvalue weighted by Gasteiger charge is 2.21. The van der Waals surface area contributed by atoms with E-state index in [1.807, 2.05) is 0 Å². The minimum Gasteiger partial charge on any atom is -0.0989 e. The number of rotatable bonds is 4. The van der Waals surface area contributed by atoms with Gasteiger partial charge in [0.25, 0.3) is 0 Å². The predicted octanol–water partition coefficient (Wildman–Crippen LogP) is 3.27. The standard InChI is InChI=1S/C11H21BSi/c1-5-10-8-13(4)9-11(10)12(6-2)7-3/h8-9,13H,5-7H2,1-4H3. The second-order valence-corrected chi connectivity index (χ2v) is 6.42. The van der Waals surface area contributed by atoms with Crippen LogP contribution in [0.5, 0.6) is 0 Å². The molecule has 0 amide bonds. The molecule has 0 fully saturated rings. The van der Waals surface area contributed by atoms with Gasteiger partial charge in [0.2, 0.25) is 0 Å². The van der Waals surface area contributed by atoms with E-state index >= 15 is 0 Å². The molecule has 0 aromatic carbocycles. The first kappa shape index (κ1) is 10.8. The minimum atomic E-state index is -0.591. The van der Waals surface area contributed by atoms with Gasteiger partial charge in [-0.15, -0.1) is 0 Å². The molecule has 0 saturated carbocycles. The molecule has 13 heavy (non-hydrogen) atoms. The molecule has 2 heteroatoms. The fourth-order valence-electron chi connectivity index (χ4n) is 2.30. The molecule has 0 aromatic heterocycles. The van der Waals surface area contributed by atoms with Crippen molar-refractivity contribution in [1.29, 1.82) is 0 Å². The molecule has 0 spiro atoms. The van der Waals surface area contributed by atoms with Gasteiger partial charge in [-0.05, 0) is 6.42 Å². The normalized spacial score (nSPS) is 21.4. The van der Waals surface area contributed by atoms with Crippen LogP contribution in [-0.4, -0.2) is 15.5 Å². The summed E-state index contributed by atoms with van der Waals surface area (Å²) >= 11 is 0. The molecule has 1 rings (SSSR count). The zero-order chi connectivity index (χ0) is 9.84. The lowest BCUT2D eigenvalue weighted by atomic mass is 9.40. The van der Waals surface area contributed by atoms with Crippen LogP contribution in [0.4, 0.5) is 0 Å². The Morgan fingerprint density at radius 2 is 1.77 bits per heavy atom. The van der Waals surface area contributed by atoms with Crippen LogP contribution in [0.25, 0.3) is 0 Å². The van der Waals surface area contributed by atoms with Crippen LogP contribution in [-0.2, 0) is 0 Å². The molecule has 1 heterocycles. The van der Waals surface area contributed by atoms with Gasteiger partial charge in [-0.3, -0.25) is 0 Å². The van der Waals surface area contributed by atoms with E-state index in [1.165, 1.54) is 19.1 Å². The fourth-order valence-corrected chi connectivity index (χ4v) is 4.51. The van der Waals surface area contributed by atoms with Crippen molar-refractivity contribution in [2.24, 2.45) is 0 Å². The number of hydrogen-bond acceptors (Lipinski definition) is 0. The van der Waals surface area contributed by atoms with E-state index in [9.17, 15) is 0 Å². The lowest BCUT2D eigenvalue weighted by Crippen LogP contribution is -2.14. The number of hydrogen-bond donors (Lipinski definition) is 0.